The van der Waals surface area contributed by atoms with E-state index < -0.39 is 10.0 Å². The Morgan fingerprint density at radius 1 is 1.19 bits per heavy atom. The zero-order valence-corrected chi connectivity index (χ0v) is 14.4. The van der Waals surface area contributed by atoms with E-state index in [0.29, 0.717) is 11.4 Å². The van der Waals surface area contributed by atoms with Crippen LogP contribution in [0, 0.1) is 0 Å². The minimum absolute atomic E-state index is 0.102. The van der Waals surface area contributed by atoms with Crippen LogP contribution in [0.1, 0.15) is 12.5 Å². The Balaban J connectivity index is 2.10. The van der Waals surface area contributed by atoms with Gasteiger partial charge in [0.1, 0.15) is 0 Å². The second-order valence-corrected chi connectivity index (χ2v) is 8.25. The lowest BCUT2D eigenvalue weighted by atomic mass is 10.1. The van der Waals surface area contributed by atoms with E-state index in [9.17, 15) is 8.42 Å². The van der Waals surface area contributed by atoms with Gasteiger partial charge in [-0.25, -0.2) is 8.42 Å². The quantitative estimate of drug-likeness (QED) is 0.774. The van der Waals surface area contributed by atoms with Crippen LogP contribution in [0.4, 0.5) is 5.69 Å². The van der Waals surface area contributed by atoms with E-state index in [2.05, 4.69) is 15.9 Å². The SMILES string of the molecule is CC1Cc2cc(Br)ccc2N1S(=O)(=O)c1ccc(Cl)cc1. The molecule has 0 bridgehead atoms. The first-order valence-corrected chi connectivity index (χ1v) is 9.09. The molecule has 0 saturated carbocycles. The molecular weight excluding hydrogens is 374 g/mol. The van der Waals surface area contributed by atoms with Gasteiger partial charge >= 0.3 is 0 Å². The summed E-state index contributed by atoms with van der Waals surface area (Å²) in [4.78, 5) is 0.259. The van der Waals surface area contributed by atoms with Gasteiger partial charge in [-0.05, 0) is 61.4 Å². The van der Waals surface area contributed by atoms with Crippen molar-refractivity contribution in [2.24, 2.45) is 0 Å². The molecular formula is C15H13BrClNO2S. The molecule has 21 heavy (non-hydrogen) atoms. The van der Waals surface area contributed by atoms with Crippen molar-refractivity contribution in [3.05, 3.63) is 57.5 Å². The van der Waals surface area contributed by atoms with Crippen molar-refractivity contribution in [2.75, 3.05) is 4.31 Å². The molecule has 1 aliphatic rings. The number of sulfonamides is 1. The summed E-state index contributed by atoms with van der Waals surface area (Å²) in [5.41, 5.74) is 1.79. The minimum atomic E-state index is -3.57. The molecule has 2 aromatic carbocycles. The summed E-state index contributed by atoms with van der Waals surface area (Å²) in [5, 5.41) is 0.521. The molecule has 0 aromatic heterocycles. The molecule has 2 aromatic rings. The maximum Gasteiger partial charge on any atom is 0.264 e. The smallest absolute Gasteiger partial charge is 0.263 e. The van der Waals surface area contributed by atoms with Gasteiger partial charge in [0.2, 0.25) is 0 Å². The Hall–Kier alpha value is -1.04. The van der Waals surface area contributed by atoms with E-state index in [-0.39, 0.29) is 10.9 Å². The Bertz CT molecular complexity index is 790. The third-order valence-electron chi connectivity index (χ3n) is 3.57. The zero-order chi connectivity index (χ0) is 15.2. The van der Waals surface area contributed by atoms with Crippen molar-refractivity contribution in [1.82, 2.24) is 0 Å². The van der Waals surface area contributed by atoms with Crippen LogP contribution in [-0.4, -0.2) is 14.5 Å². The van der Waals surface area contributed by atoms with Crippen molar-refractivity contribution in [3.63, 3.8) is 0 Å². The fraction of sp³-hybridized carbons (Fsp3) is 0.200. The molecule has 0 aliphatic carbocycles. The lowest BCUT2D eigenvalue weighted by Gasteiger charge is -2.24. The van der Waals surface area contributed by atoms with E-state index in [1.165, 1.54) is 4.31 Å². The summed E-state index contributed by atoms with van der Waals surface area (Å²) in [7, 11) is -3.57. The molecule has 110 valence electrons. The van der Waals surface area contributed by atoms with Crippen molar-refractivity contribution >= 4 is 43.2 Å². The Morgan fingerprint density at radius 2 is 1.86 bits per heavy atom. The van der Waals surface area contributed by atoms with Crippen LogP contribution in [-0.2, 0) is 16.4 Å². The lowest BCUT2D eigenvalue weighted by molar-refractivity contribution is 0.584. The van der Waals surface area contributed by atoms with Gasteiger partial charge in [-0.2, -0.15) is 0 Å². The normalized spacial score (nSPS) is 17.9. The van der Waals surface area contributed by atoms with Gasteiger partial charge in [-0.3, -0.25) is 4.31 Å². The highest BCUT2D eigenvalue weighted by atomic mass is 79.9. The fourth-order valence-electron chi connectivity index (χ4n) is 2.66. The molecule has 0 amide bonds. The van der Waals surface area contributed by atoms with Gasteiger partial charge in [-0.1, -0.05) is 27.5 Å². The van der Waals surface area contributed by atoms with E-state index in [1.54, 1.807) is 24.3 Å². The maximum atomic E-state index is 12.9. The van der Waals surface area contributed by atoms with Gasteiger partial charge in [0.05, 0.1) is 10.6 Å². The molecule has 1 heterocycles. The standard InChI is InChI=1S/C15H13BrClNO2S/c1-10-8-11-9-12(16)2-7-15(11)18(10)21(19,20)14-5-3-13(17)4-6-14/h2-7,9-10H,8H2,1H3. The Labute approximate surface area is 137 Å². The van der Waals surface area contributed by atoms with E-state index in [0.717, 1.165) is 15.7 Å². The van der Waals surface area contributed by atoms with Gasteiger partial charge in [-0.15, -0.1) is 0 Å². The fourth-order valence-corrected chi connectivity index (χ4v) is 4.88. The maximum absolute atomic E-state index is 12.9. The van der Waals surface area contributed by atoms with Crippen LogP contribution in [0.3, 0.4) is 0 Å². The molecule has 1 unspecified atom stereocenters. The molecule has 0 saturated heterocycles. The number of anilines is 1. The van der Waals surface area contributed by atoms with Crippen molar-refractivity contribution in [3.8, 4) is 0 Å². The lowest BCUT2D eigenvalue weighted by Crippen LogP contribution is -2.35. The summed E-state index contributed by atoms with van der Waals surface area (Å²) in [6.07, 6.45) is 0.710. The first-order chi connectivity index (χ1) is 9.89. The number of rotatable bonds is 2. The number of hydrogen-bond acceptors (Lipinski definition) is 2. The second kappa shape index (κ2) is 5.30. The predicted octanol–water partition coefficient (Wildman–Crippen LogP) is 4.24. The molecule has 0 N–H and O–H groups in total. The monoisotopic (exact) mass is 385 g/mol. The highest BCUT2D eigenvalue weighted by molar-refractivity contribution is 9.10. The molecule has 3 rings (SSSR count). The summed E-state index contributed by atoms with van der Waals surface area (Å²) >= 11 is 9.26. The summed E-state index contributed by atoms with van der Waals surface area (Å²) in [6.45, 7) is 1.92. The largest absolute Gasteiger partial charge is 0.264 e. The van der Waals surface area contributed by atoms with Crippen LogP contribution in [0.15, 0.2) is 51.8 Å². The zero-order valence-electron chi connectivity index (χ0n) is 11.3. The third kappa shape index (κ3) is 2.58. The average Bonchev–Trinajstić information content (AvgIpc) is 2.74. The van der Waals surface area contributed by atoms with E-state index in [1.807, 2.05) is 25.1 Å². The van der Waals surface area contributed by atoms with Crippen LogP contribution >= 0.6 is 27.5 Å². The van der Waals surface area contributed by atoms with Crippen LogP contribution in [0.2, 0.25) is 5.02 Å². The van der Waals surface area contributed by atoms with Gasteiger partial charge in [0.25, 0.3) is 10.0 Å². The Morgan fingerprint density at radius 3 is 2.52 bits per heavy atom. The van der Waals surface area contributed by atoms with Crippen molar-refractivity contribution in [1.29, 1.82) is 0 Å². The van der Waals surface area contributed by atoms with Crippen molar-refractivity contribution < 1.29 is 8.42 Å². The third-order valence-corrected chi connectivity index (χ3v) is 6.25. The van der Waals surface area contributed by atoms with E-state index >= 15 is 0 Å². The summed E-state index contributed by atoms with van der Waals surface area (Å²) in [5.74, 6) is 0. The van der Waals surface area contributed by atoms with Gasteiger partial charge in [0.15, 0.2) is 0 Å². The highest BCUT2D eigenvalue weighted by Crippen LogP contribution is 2.38. The number of nitrogens with zero attached hydrogens (tertiary/aromatic N) is 1. The molecule has 0 spiro atoms. The average molecular weight is 387 g/mol. The van der Waals surface area contributed by atoms with Crippen LogP contribution < -0.4 is 4.31 Å². The van der Waals surface area contributed by atoms with Gasteiger partial charge in [0, 0.05) is 15.5 Å². The van der Waals surface area contributed by atoms with Crippen LogP contribution in [0.25, 0.3) is 0 Å². The molecule has 1 aliphatic heterocycles. The first kappa shape index (κ1) is 14.9. The number of hydrogen-bond donors (Lipinski definition) is 0. The van der Waals surface area contributed by atoms with E-state index in [4.69, 9.17) is 11.6 Å². The minimum Gasteiger partial charge on any atom is -0.263 e. The second-order valence-electron chi connectivity index (χ2n) is 5.08. The number of benzene rings is 2. The molecule has 1 atom stereocenters. The topological polar surface area (TPSA) is 37.4 Å². The molecule has 0 fully saturated rings. The molecule has 6 heteroatoms. The highest BCUT2D eigenvalue weighted by Gasteiger charge is 2.35. The van der Waals surface area contributed by atoms with Crippen LogP contribution in [0.5, 0.6) is 0 Å². The first-order valence-electron chi connectivity index (χ1n) is 6.48. The predicted molar refractivity (Wildman–Crippen MR) is 88.4 cm³/mol. The number of fused-ring (bicyclic) bond motifs is 1. The molecule has 3 nitrogen and oxygen atoms in total. The van der Waals surface area contributed by atoms with Gasteiger partial charge < -0.3 is 0 Å². The Kier molecular flexibility index (Phi) is 3.76. The summed E-state index contributed by atoms with van der Waals surface area (Å²) in [6, 6.07) is 11.9. The molecule has 0 radical (unpaired) electrons. The van der Waals surface area contributed by atoms with Crippen molar-refractivity contribution in [2.45, 2.75) is 24.3 Å². The number of halogens is 2. The summed E-state index contributed by atoms with van der Waals surface area (Å²) < 4.78 is 28.2.